The molecule has 3 rings (SSSR count). The lowest BCUT2D eigenvalue weighted by atomic mass is 10.1. The molecular formula is C15H21NO2. The average Bonchev–Trinajstić information content (AvgIpc) is 2.76. The Morgan fingerprint density at radius 1 is 1.22 bits per heavy atom. The number of nitrogens with zero attached hydrogens (tertiary/aromatic N) is 1. The van der Waals surface area contributed by atoms with Crippen LogP contribution in [0.15, 0.2) is 30.3 Å². The zero-order chi connectivity index (χ0) is 12.8. The van der Waals surface area contributed by atoms with Crippen molar-refractivity contribution in [1.82, 2.24) is 4.90 Å². The van der Waals surface area contributed by atoms with E-state index in [0.29, 0.717) is 6.04 Å². The van der Waals surface area contributed by atoms with Gasteiger partial charge in [0.15, 0.2) is 5.79 Å². The minimum atomic E-state index is -0.414. The lowest BCUT2D eigenvalue weighted by molar-refractivity contribution is -0.161. The molecule has 0 aromatic heterocycles. The second-order valence-electron chi connectivity index (χ2n) is 5.79. The Hall–Kier alpha value is -0.900. The van der Waals surface area contributed by atoms with E-state index in [1.165, 1.54) is 5.56 Å². The Labute approximate surface area is 109 Å². The van der Waals surface area contributed by atoms with Crippen molar-refractivity contribution < 1.29 is 9.47 Å². The van der Waals surface area contributed by atoms with E-state index in [0.717, 1.165) is 13.1 Å². The molecule has 0 amide bonds. The SMILES string of the molecule is C[C@H]1[C@H]2OC(C)(C)O[C@H]2CN1Cc1ccccc1. The number of ether oxygens (including phenoxy) is 2. The first-order chi connectivity index (χ1) is 8.55. The van der Waals surface area contributed by atoms with Gasteiger partial charge in [-0.25, -0.2) is 0 Å². The Balaban J connectivity index is 1.68. The maximum Gasteiger partial charge on any atom is 0.163 e. The molecule has 0 bridgehead atoms. The third-order valence-electron chi connectivity index (χ3n) is 3.92. The van der Waals surface area contributed by atoms with Crippen LogP contribution in [-0.4, -0.2) is 35.5 Å². The van der Waals surface area contributed by atoms with Crippen LogP contribution in [0, 0.1) is 0 Å². The van der Waals surface area contributed by atoms with E-state index >= 15 is 0 Å². The van der Waals surface area contributed by atoms with Gasteiger partial charge in [-0.1, -0.05) is 30.3 Å². The van der Waals surface area contributed by atoms with E-state index in [4.69, 9.17) is 9.47 Å². The summed E-state index contributed by atoms with van der Waals surface area (Å²) in [5.41, 5.74) is 1.35. The third-order valence-corrected chi connectivity index (χ3v) is 3.92. The number of likely N-dealkylation sites (tertiary alicyclic amines) is 1. The Morgan fingerprint density at radius 2 is 1.94 bits per heavy atom. The summed E-state index contributed by atoms with van der Waals surface area (Å²) in [6.07, 6.45) is 0.433. The van der Waals surface area contributed by atoms with Gasteiger partial charge in [-0.05, 0) is 26.3 Å². The maximum atomic E-state index is 5.99. The first-order valence-corrected chi connectivity index (χ1v) is 6.69. The van der Waals surface area contributed by atoms with Crippen molar-refractivity contribution in [3.8, 4) is 0 Å². The molecule has 0 saturated carbocycles. The summed E-state index contributed by atoms with van der Waals surface area (Å²) in [5.74, 6) is -0.414. The van der Waals surface area contributed by atoms with Crippen LogP contribution >= 0.6 is 0 Å². The molecule has 3 atom stereocenters. The molecular weight excluding hydrogens is 226 g/mol. The molecule has 0 spiro atoms. The smallest absolute Gasteiger partial charge is 0.163 e. The van der Waals surface area contributed by atoms with Crippen LogP contribution < -0.4 is 0 Å². The van der Waals surface area contributed by atoms with Crippen LogP contribution in [0.1, 0.15) is 26.3 Å². The molecule has 0 N–H and O–H groups in total. The number of benzene rings is 1. The Morgan fingerprint density at radius 3 is 2.61 bits per heavy atom. The molecule has 2 saturated heterocycles. The number of rotatable bonds is 2. The van der Waals surface area contributed by atoms with Gasteiger partial charge >= 0.3 is 0 Å². The van der Waals surface area contributed by atoms with Crippen LogP contribution in [0.2, 0.25) is 0 Å². The fourth-order valence-corrected chi connectivity index (χ4v) is 3.04. The van der Waals surface area contributed by atoms with E-state index < -0.39 is 5.79 Å². The van der Waals surface area contributed by atoms with E-state index in [2.05, 4.69) is 42.2 Å². The fourth-order valence-electron chi connectivity index (χ4n) is 3.04. The van der Waals surface area contributed by atoms with Gasteiger partial charge in [0.05, 0.1) is 0 Å². The lowest BCUT2D eigenvalue weighted by Gasteiger charge is -2.27. The van der Waals surface area contributed by atoms with Crippen LogP contribution in [-0.2, 0) is 16.0 Å². The van der Waals surface area contributed by atoms with E-state index in [1.807, 2.05) is 13.8 Å². The summed E-state index contributed by atoms with van der Waals surface area (Å²) in [4.78, 5) is 2.44. The van der Waals surface area contributed by atoms with Gasteiger partial charge in [0.25, 0.3) is 0 Å². The lowest BCUT2D eigenvalue weighted by Crippen LogP contribution is -2.36. The van der Waals surface area contributed by atoms with Gasteiger partial charge in [0.1, 0.15) is 12.2 Å². The molecule has 2 aliphatic rings. The van der Waals surface area contributed by atoms with E-state index in [-0.39, 0.29) is 12.2 Å². The van der Waals surface area contributed by atoms with Crippen molar-refractivity contribution in [2.24, 2.45) is 0 Å². The summed E-state index contributed by atoms with van der Waals surface area (Å²) >= 11 is 0. The van der Waals surface area contributed by atoms with Crippen molar-refractivity contribution in [1.29, 1.82) is 0 Å². The minimum Gasteiger partial charge on any atom is -0.343 e. The highest BCUT2D eigenvalue weighted by atomic mass is 16.8. The molecule has 2 fully saturated rings. The van der Waals surface area contributed by atoms with Gasteiger partial charge in [0, 0.05) is 19.1 Å². The molecule has 2 heterocycles. The zero-order valence-corrected chi connectivity index (χ0v) is 11.3. The van der Waals surface area contributed by atoms with Gasteiger partial charge in [-0.2, -0.15) is 0 Å². The minimum absolute atomic E-state index is 0.212. The number of hydrogen-bond acceptors (Lipinski definition) is 3. The van der Waals surface area contributed by atoms with Gasteiger partial charge in [-0.3, -0.25) is 4.90 Å². The first-order valence-electron chi connectivity index (χ1n) is 6.69. The topological polar surface area (TPSA) is 21.7 Å². The highest BCUT2D eigenvalue weighted by Crippen LogP contribution is 2.36. The van der Waals surface area contributed by atoms with Crippen molar-refractivity contribution in [2.75, 3.05) is 6.54 Å². The quantitative estimate of drug-likeness (QED) is 0.801. The first kappa shape index (κ1) is 12.2. The maximum absolute atomic E-state index is 5.99. The van der Waals surface area contributed by atoms with Crippen molar-refractivity contribution in [2.45, 2.75) is 51.4 Å². The molecule has 0 radical (unpaired) electrons. The van der Waals surface area contributed by atoms with E-state index in [1.54, 1.807) is 0 Å². The monoisotopic (exact) mass is 247 g/mol. The zero-order valence-electron chi connectivity index (χ0n) is 11.3. The summed E-state index contributed by atoms with van der Waals surface area (Å²) in [6, 6.07) is 11.0. The highest BCUT2D eigenvalue weighted by Gasteiger charge is 2.50. The third kappa shape index (κ3) is 2.18. The molecule has 1 aromatic carbocycles. The summed E-state index contributed by atoms with van der Waals surface area (Å²) in [7, 11) is 0. The summed E-state index contributed by atoms with van der Waals surface area (Å²) < 4.78 is 11.9. The van der Waals surface area contributed by atoms with Crippen molar-refractivity contribution in [3.63, 3.8) is 0 Å². The van der Waals surface area contributed by atoms with Gasteiger partial charge < -0.3 is 9.47 Å². The summed E-state index contributed by atoms with van der Waals surface area (Å²) in [5, 5.41) is 0. The largest absolute Gasteiger partial charge is 0.343 e. The van der Waals surface area contributed by atoms with Gasteiger partial charge in [0.2, 0.25) is 0 Å². The summed E-state index contributed by atoms with van der Waals surface area (Å²) in [6.45, 7) is 8.17. The average molecular weight is 247 g/mol. The Bertz CT molecular complexity index is 418. The van der Waals surface area contributed by atoms with Crippen LogP contribution in [0.25, 0.3) is 0 Å². The molecule has 0 unspecified atom stereocenters. The van der Waals surface area contributed by atoms with Crippen molar-refractivity contribution >= 4 is 0 Å². The molecule has 3 nitrogen and oxygen atoms in total. The predicted octanol–water partition coefficient (Wildman–Crippen LogP) is 2.41. The predicted molar refractivity (Wildman–Crippen MR) is 70.1 cm³/mol. The molecule has 3 heteroatoms. The fraction of sp³-hybridized carbons (Fsp3) is 0.600. The molecule has 98 valence electrons. The van der Waals surface area contributed by atoms with Gasteiger partial charge in [-0.15, -0.1) is 0 Å². The standard InChI is InChI=1S/C15H21NO2/c1-11-14-13(17-15(2,3)18-14)10-16(11)9-12-7-5-4-6-8-12/h4-8,11,13-14H,9-10H2,1-3H3/t11-,13-,14+/m0/s1. The molecule has 0 aliphatic carbocycles. The van der Waals surface area contributed by atoms with Crippen LogP contribution in [0.4, 0.5) is 0 Å². The second kappa shape index (κ2) is 4.34. The molecule has 2 aliphatic heterocycles. The van der Waals surface area contributed by atoms with E-state index in [9.17, 15) is 0 Å². The Kier molecular flexibility index (Phi) is 2.93. The van der Waals surface area contributed by atoms with Crippen molar-refractivity contribution in [3.05, 3.63) is 35.9 Å². The number of fused-ring (bicyclic) bond motifs is 1. The van der Waals surface area contributed by atoms with Crippen LogP contribution in [0.5, 0.6) is 0 Å². The molecule has 18 heavy (non-hydrogen) atoms. The normalized spacial score (nSPS) is 34.7. The highest BCUT2D eigenvalue weighted by molar-refractivity contribution is 5.15. The second-order valence-corrected chi connectivity index (χ2v) is 5.79. The molecule has 1 aromatic rings. The number of hydrogen-bond donors (Lipinski definition) is 0. The van der Waals surface area contributed by atoms with Crippen LogP contribution in [0.3, 0.4) is 0 Å².